The lowest BCUT2D eigenvalue weighted by Crippen LogP contribution is -2.77. The van der Waals surface area contributed by atoms with Crippen LogP contribution in [-0.4, -0.2) is 48.7 Å². The van der Waals surface area contributed by atoms with E-state index in [1.165, 1.54) is 24.2 Å². The number of hydrogen-bond donors (Lipinski definition) is 1. The first kappa shape index (κ1) is 11.0. The second-order valence-corrected chi connectivity index (χ2v) is 6.42. The van der Waals surface area contributed by atoms with Gasteiger partial charge in [0.25, 0.3) is 0 Å². The third-order valence-corrected chi connectivity index (χ3v) is 5.22. The molecule has 3 unspecified atom stereocenters. The molecule has 0 spiro atoms. The fraction of sp³-hybridized carbons (Fsp3) is 0.600. The molecule has 96 valence electrons. The molecule has 3 heteroatoms. The minimum Gasteiger partial charge on any atom is -0.326 e. The summed E-state index contributed by atoms with van der Waals surface area (Å²) in [7, 11) is 0. The van der Waals surface area contributed by atoms with Crippen LogP contribution in [0.3, 0.4) is 0 Å². The van der Waals surface area contributed by atoms with Crippen LogP contribution < -0.4 is 5.73 Å². The Morgan fingerprint density at radius 1 is 1.17 bits per heavy atom. The van der Waals surface area contributed by atoms with Crippen molar-refractivity contribution in [2.24, 2.45) is 11.7 Å². The summed E-state index contributed by atoms with van der Waals surface area (Å²) < 4.78 is 0. The van der Waals surface area contributed by atoms with Gasteiger partial charge in [-0.2, -0.15) is 0 Å². The Morgan fingerprint density at radius 3 is 2.50 bits per heavy atom. The summed E-state index contributed by atoms with van der Waals surface area (Å²) >= 11 is 0. The lowest BCUT2D eigenvalue weighted by Gasteiger charge is -2.63. The second-order valence-electron chi connectivity index (χ2n) is 6.42. The van der Waals surface area contributed by atoms with Gasteiger partial charge in [-0.15, -0.1) is 0 Å². The van der Waals surface area contributed by atoms with Crippen molar-refractivity contribution in [2.45, 2.75) is 18.4 Å². The van der Waals surface area contributed by atoms with E-state index < -0.39 is 0 Å². The van der Waals surface area contributed by atoms with Crippen LogP contribution in [0.4, 0.5) is 0 Å². The third-order valence-electron chi connectivity index (χ3n) is 5.22. The van der Waals surface area contributed by atoms with E-state index in [4.69, 9.17) is 5.73 Å². The zero-order valence-corrected chi connectivity index (χ0v) is 11.0. The van der Waals surface area contributed by atoms with Gasteiger partial charge in [0.05, 0.1) is 6.67 Å². The largest absolute Gasteiger partial charge is 0.326 e. The van der Waals surface area contributed by atoms with Crippen molar-refractivity contribution in [3.8, 4) is 0 Å². The topological polar surface area (TPSA) is 32.5 Å². The van der Waals surface area contributed by atoms with Crippen LogP contribution in [-0.2, 0) is 5.41 Å². The molecule has 5 rings (SSSR count). The van der Waals surface area contributed by atoms with E-state index in [1.54, 1.807) is 0 Å². The molecule has 4 aliphatic heterocycles. The SMILES string of the molecule is Cc1ccccc1C12CN3CC(CN(C3)C1)C2N. The van der Waals surface area contributed by atoms with Crippen LogP contribution in [0.5, 0.6) is 0 Å². The number of aryl methyl sites for hydroxylation is 1. The molecule has 2 N–H and O–H groups in total. The molecule has 3 nitrogen and oxygen atoms in total. The maximum atomic E-state index is 6.65. The van der Waals surface area contributed by atoms with Crippen molar-refractivity contribution in [3.63, 3.8) is 0 Å². The zero-order chi connectivity index (χ0) is 12.3. The molecule has 4 bridgehead atoms. The number of piperidine rings is 2. The number of rotatable bonds is 1. The molecule has 0 aliphatic carbocycles. The lowest BCUT2D eigenvalue weighted by molar-refractivity contribution is -0.0993. The summed E-state index contributed by atoms with van der Waals surface area (Å²) in [4.78, 5) is 5.18. The first-order valence-electron chi connectivity index (χ1n) is 6.95. The Hall–Kier alpha value is -0.900. The van der Waals surface area contributed by atoms with E-state index in [1.807, 2.05) is 0 Å². The fourth-order valence-corrected chi connectivity index (χ4v) is 4.57. The number of nitrogens with zero attached hydrogens (tertiary/aromatic N) is 2. The van der Waals surface area contributed by atoms with Gasteiger partial charge >= 0.3 is 0 Å². The van der Waals surface area contributed by atoms with Gasteiger partial charge in [0.1, 0.15) is 0 Å². The van der Waals surface area contributed by atoms with Gasteiger partial charge < -0.3 is 5.73 Å². The minimum atomic E-state index is 0.171. The standard InChI is InChI=1S/C15H21N3/c1-11-4-2-3-5-13(11)15-8-17-6-12(14(15)16)7-18(9-15)10-17/h2-5,12,14H,6-10,16H2,1H3. The average Bonchev–Trinajstić information content (AvgIpc) is 2.35. The first-order chi connectivity index (χ1) is 8.69. The molecule has 0 radical (unpaired) electrons. The highest BCUT2D eigenvalue weighted by Crippen LogP contribution is 2.44. The minimum absolute atomic E-state index is 0.171. The van der Waals surface area contributed by atoms with Crippen molar-refractivity contribution < 1.29 is 0 Å². The van der Waals surface area contributed by atoms with Gasteiger partial charge in [-0.25, -0.2) is 0 Å². The molecule has 4 aliphatic rings. The maximum Gasteiger partial charge on any atom is 0.0507 e. The molecule has 4 fully saturated rings. The average molecular weight is 243 g/mol. The normalized spacial score (nSPS) is 45.4. The highest BCUT2D eigenvalue weighted by molar-refractivity contribution is 5.39. The Labute approximate surface area is 109 Å². The van der Waals surface area contributed by atoms with Crippen molar-refractivity contribution in [1.82, 2.24) is 9.80 Å². The summed E-state index contributed by atoms with van der Waals surface area (Å²) in [6.45, 7) is 8.07. The van der Waals surface area contributed by atoms with Crippen molar-refractivity contribution in [2.75, 3.05) is 32.8 Å². The van der Waals surface area contributed by atoms with E-state index in [-0.39, 0.29) is 5.41 Å². The van der Waals surface area contributed by atoms with Crippen molar-refractivity contribution >= 4 is 0 Å². The summed E-state index contributed by atoms with van der Waals surface area (Å²) in [6.07, 6.45) is 0. The quantitative estimate of drug-likeness (QED) is 0.791. The molecule has 1 aromatic rings. The smallest absolute Gasteiger partial charge is 0.0507 e. The molecule has 0 aromatic heterocycles. The molecular formula is C15H21N3. The van der Waals surface area contributed by atoms with E-state index in [2.05, 4.69) is 41.0 Å². The highest BCUT2D eigenvalue weighted by Gasteiger charge is 2.55. The van der Waals surface area contributed by atoms with Crippen molar-refractivity contribution in [1.29, 1.82) is 0 Å². The van der Waals surface area contributed by atoms with Crippen LogP contribution in [0.15, 0.2) is 24.3 Å². The van der Waals surface area contributed by atoms with E-state index in [0.29, 0.717) is 12.0 Å². The number of hydrogen-bond acceptors (Lipinski definition) is 3. The molecule has 4 heterocycles. The summed E-state index contributed by atoms with van der Waals surface area (Å²) in [5.41, 5.74) is 9.70. The van der Waals surface area contributed by atoms with Crippen LogP contribution in [0.2, 0.25) is 0 Å². The maximum absolute atomic E-state index is 6.65. The summed E-state index contributed by atoms with van der Waals surface area (Å²) in [5, 5.41) is 0. The summed E-state index contributed by atoms with van der Waals surface area (Å²) in [5.74, 6) is 0.654. The number of benzene rings is 1. The molecule has 3 atom stereocenters. The Balaban J connectivity index is 1.85. The number of nitrogens with two attached hydrogens (primary N) is 1. The summed E-state index contributed by atoms with van der Waals surface area (Å²) in [6, 6.07) is 9.14. The van der Waals surface area contributed by atoms with Gasteiger partial charge in [0.15, 0.2) is 0 Å². The molecular weight excluding hydrogens is 222 g/mol. The van der Waals surface area contributed by atoms with Gasteiger partial charge in [-0.1, -0.05) is 24.3 Å². The van der Waals surface area contributed by atoms with E-state index >= 15 is 0 Å². The van der Waals surface area contributed by atoms with E-state index in [9.17, 15) is 0 Å². The molecule has 0 amide bonds. The molecule has 4 saturated heterocycles. The first-order valence-corrected chi connectivity index (χ1v) is 6.95. The predicted molar refractivity (Wildman–Crippen MR) is 72.3 cm³/mol. The third kappa shape index (κ3) is 1.30. The van der Waals surface area contributed by atoms with Gasteiger partial charge in [-0.3, -0.25) is 9.80 Å². The van der Waals surface area contributed by atoms with Gasteiger partial charge in [0, 0.05) is 43.6 Å². The van der Waals surface area contributed by atoms with Crippen LogP contribution in [0.1, 0.15) is 11.1 Å². The molecule has 1 aromatic carbocycles. The Kier molecular flexibility index (Phi) is 2.17. The lowest BCUT2D eigenvalue weighted by atomic mass is 9.62. The van der Waals surface area contributed by atoms with E-state index in [0.717, 1.165) is 19.8 Å². The zero-order valence-electron chi connectivity index (χ0n) is 11.0. The van der Waals surface area contributed by atoms with Gasteiger partial charge in [0.2, 0.25) is 0 Å². The highest BCUT2D eigenvalue weighted by atomic mass is 15.4. The van der Waals surface area contributed by atoms with Crippen LogP contribution in [0, 0.1) is 12.8 Å². The Bertz CT molecular complexity index is 470. The second kappa shape index (κ2) is 3.56. The van der Waals surface area contributed by atoms with Gasteiger partial charge in [-0.05, 0) is 18.1 Å². The van der Waals surface area contributed by atoms with Crippen LogP contribution in [0.25, 0.3) is 0 Å². The fourth-order valence-electron chi connectivity index (χ4n) is 4.57. The van der Waals surface area contributed by atoms with Crippen molar-refractivity contribution in [3.05, 3.63) is 35.4 Å². The Morgan fingerprint density at radius 2 is 1.83 bits per heavy atom. The predicted octanol–water partition coefficient (Wildman–Crippen LogP) is 0.779. The molecule has 18 heavy (non-hydrogen) atoms. The monoisotopic (exact) mass is 243 g/mol. The molecule has 0 saturated carbocycles. The van der Waals surface area contributed by atoms with Crippen LogP contribution >= 0.6 is 0 Å².